The smallest absolute Gasteiger partial charge is 0.216 e. The predicted octanol–water partition coefficient (Wildman–Crippen LogP) is 2.22. The van der Waals surface area contributed by atoms with Crippen LogP contribution in [0.25, 0.3) is 0 Å². The minimum atomic E-state index is 0.296. The first kappa shape index (κ1) is 13.9. The summed E-state index contributed by atoms with van der Waals surface area (Å²) in [6.07, 6.45) is 1.76. The number of hydrogen-bond acceptors (Lipinski definition) is 4. The molecule has 0 radical (unpaired) electrons. The number of hydrogen-bond donors (Lipinski definition) is 1. The summed E-state index contributed by atoms with van der Waals surface area (Å²) in [7, 11) is 1.63. The van der Waals surface area contributed by atoms with Gasteiger partial charge < -0.3 is 10.1 Å². The lowest BCUT2D eigenvalue weighted by molar-refractivity contribution is 0.354. The van der Waals surface area contributed by atoms with Crippen molar-refractivity contribution in [3.8, 4) is 5.88 Å². The SMILES string of the molecule is CCNC(C)C(c1nccc(OC)n1)C(C)C. The monoisotopic (exact) mass is 237 g/mol. The average molecular weight is 237 g/mol. The Kier molecular flexibility index (Phi) is 5.35. The molecule has 0 amide bonds. The second-order valence-electron chi connectivity index (χ2n) is 4.57. The molecule has 0 aliphatic rings. The summed E-state index contributed by atoms with van der Waals surface area (Å²) in [6, 6.07) is 2.13. The standard InChI is InChI=1S/C13H23N3O/c1-6-14-10(4)12(9(2)3)13-15-8-7-11(16-13)17-5/h7-10,12,14H,6H2,1-5H3. The minimum Gasteiger partial charge on any atom is -0.481 e. The summed E-state index contributed by atoms with van der Waals surface area (Å²) >= 11 is 0. The molecule has 4 heteroatoms. The molecule has 1 aromatic rings. The Morgan fingerprint density at radius 2 is 2.06 bits per heavy atom. The third-order valence-electron chi connectivity index (χ3n) is 2.94. The molecule has 2 unspecified atom stereocenters. The van der Waals surface area contributed by atoms with Gasteiger partial charge in [-0.05, 0) is 19.4 Å². The number of nitrogens with zero attached hydrogens (tertiary/aromatic N) is 2. The third-order valence-corrected chi connectivity index (χ3v) is 2.94. The minimum absolute atomic E-state index is 0.296. The van der Waals surface area contributed by atoms with Gasteiger partial charge in [-0.25, -0.2) is 4.98 Å². The molecule has 1 rings (SSSR count). The molecule has 96 valence electrons. The number of ether oxygens (including phenoxy) is 1. The van der Waals surface area contributed by atoms with Gasteiger partial charge in [0.25, 0.3) is 0 Å². The van der Waals surface area contributed by atoms with Crippen LogP contribution >= 0.6 is 0 Å². The van der Waals surface area contributed by atoms with Crippen molar-refractivity contribution in [3.63, 3.8) is 0 Å². The molecule has 4 nitrogen and oxygen atoms in total. The molecule has 17 heavy (non-hydrogen) atoms. The molecule has 0 fully saturated rings. The molecule has 1 heterocycles. The van der Waals surface area contributed by atoms with Crippen molar-refractivity contribution >= 4 is 0 Å². The van der Waals surface area contributed by atoms with Gasteiger partial charge in [0.2, 0.25) is 5.88 Å². The molecule has 0 saturated heterocycles. The van der Waals surface area contributed by atoms with E-state index in [1.165, 1.54) is 0 Å². The summed E-state index contributed by atoms with van der Waals surface area (Å²) in [6.45, 7) is 9.63. The van der Waals surface area contributed by atoms with Crippen molar-refractivity contribution in [1.29, 1.82) is 0 Å². The van der Waals surface area contributed by atoms with Crippen molar-refractivity contribution in [2.45, 2.75) is 39.7 Å². The molecule has 0 aliphatic carbocycles. The van der Waals surface area contributed by atoms with E-state index in [2.05, 4.69) is 43.0 Å². The summed E-state index contributed by atoms with van der Waals surface area (Å²) in [5.74, 6) is 2.26. The van der Waals surface area contributed by atoms with Crippen LogP contribution in [-0.4, -0.2) is 29.7 Å². The van der Waals surface area contributed by atoms with E-state index in [-0.39, 0.29) is 0 Å². The van der Waals surface area contributed by atoms with E-state index in [1.807, 2.05) is 0 Å². The highest BCUT2D eigenvalue weighted by Gasteiger charge is 2.25. The zero-order valence-electron chi connectivity index (χ0n) is 11.4. The van der Waals surface area contributed by atoms with Crippen molar-refractivity contribution in [2.24, 2.45) is 5.92 Å². The Morgan fingerprint density at radius 1 is 1.35 bits per heavy atom. The second-order valence-corrected chi connectivity index (χ2v) is 4.57. The summed E-state index contributed by atoms with van der Waals surface area (Å²) < 4.78 is 5.15. The van der Waals surface area contributed by atoms with Crippen LogP contribution in [0.4, 0.5) is 0 Å². The van der Waals surface area contributed by atoms with Gasteiger partial charge in [-0.1, -0.05) is 20.8 Å². The van der Waals surface area contributed by atoms with Crippen LogP contribution in [0.1, 0.15) is 39.4 Å². The molecule has 1 N–H and O–H groups in total. The topological polar surface area (TPSA) is 47.0 Å². The fourth-order valence-electron chi connectivity index (χ4n) is 2.18. The van der Waals surface area contributed by atoms with E-state index in [4.69, 9.17) is 4.74 Å². The van der Waals surface area contributed by atoms with Crippen LogP contribution in [0.5, 0.6) is 5.88 Å². The average Bonchev–Trinajstić information content (AvgIpc) is 2.29. The highest BCUT2D eigenvalue weighted by molar-refractivity contribution is 5.12. The van der Waals surface area contributed by atoms with Crippen LogP contribution in [0.3, 0.4) is 0 Å². The van der Waals surface area contributed by atoms with Crippen molar-refractivity contribution < 1.29 is 4.74 Å². The Morgan fingerprint density at radius 3 is 2.59 bits per heavy atom. The lowest BCUT2D eigenvalue weighted by Gasteiger charge is -2.26. The first-order valence-electron chi connectivity index (χ1n) is 6.20. The number of aromatic nitrogens is 2. The van der Waals surface area contributed by atoms with Gasteiger partial charge in [0.1, 0.15) is 5.82 Å². The maximum Gasteiger partial charge on any atom is 0.216 e. The normalized spacial score (nSPS) is 14.7. The Labute approximate surface area is 104 Å². The fourth-order valence-corrected chi connectivity index (χ4v) is 2.18. The third kappa shape index (κ3) is 3.66. The summed E-state index contributed by atoms with van der Waals surface area (Å²) in [5.41, 5.74) is 0. The summed E-state index contributed by atoms with van der Waals surface area (Å²) in [5, 5.41) is 3.44. The number of nitrogens with one attached hydrogen (secondary N) is 1. The van der Waals surface area contributed by atoms with E-state index in [9.17, 15) is 0 Å². The highest BCUT2D eigenvalue weighted by atomic mass is 16.5. The molecule has 0 aromatic carbocycles. The maximum atomic E-state index is 5.15. The van der Waals surface area contributed by atoms with Crippen LogP contribution in [-0.2, 0) is 0 Å². The maximum absolute atomic E-state index is 5.15. The van der Waals surface area contributed by atoms with Crippen molar-refractivity contribution in [1.82, 2.24) is 15.3 Å². The quantitative estimate of drug-likeness (QED) is 0.824. The molecule has 2 atom stereocenters. The molecular weight excluding hydrogens is 214 g/mol. The molecular formula is C13H23N3O. The molecule has 0 aliphatic heterocycles. The van der Waals surface area contributed by atoms with Crippen LogP contribution in [0, 0.1) is 5.92 Å². The predicted molar refractivity (Wildman–Crippen MR) is 69.3 cm³/mol. The number of rotatable bonds is 6. The fraction of sp³-hybridized carbons (Fsp3) is 0.692. The number of likely N-dealkylation sites (N-methyl/N-ethyl adjacent to an activating group) is 1. The van der Waals surface area contributed by atoms with E-state index in [0.717, 1.165) is 12.4 Å². The lowest BCUT2D eigenvalue weighted by atomic mass is 9.88. The van der Waals surface area contributed by atoms with Crippen LogP contribution in [0.15, 0.2) is 12.3 Å². The van der Waals surface area contributed by atoms with Gasteiger partial charge in [-0.3, -0.25) is 0 Å². The van der Waals surface area contributed by atoms with E-state index < -0.39 is 0 Å². The van der Waals surface area contributed by atoms with E-state index in [1.54, 1.807) is 19.4 Å². The molecule has 0 spiro atoms. The van der Waals surface area contributed by atoms with Crippen molar-refractivity contribution in [2.75, 3.05) is 13.7 Å². The summed E-state index contributed by atoms with van der Waals surface area (Å²) in [4.78, 5) is 8.82. The first-order chi connectivity index (χ1) is 8.10. The first-order valence-corrected chi connectivity index (χ1v) is 6.20. The van der Waals surface area contributed by atoms with Gasteiger partial charge >= 0.3 is 0 Å². The van der Waals surface area contributed by atoms with Gasteiger partial charge in [0.05, 0.1) is 7.11 Å². The Bertz CT molecular complexity index is 341. The van der Waals surface area contributed by atoms with E-state index in [0.29, 0.717) is 23.8 Å². The second kappa shape index (κ2) is 6.55. The largest absolute Gasteiger partial charge is 0.481 e. The molecule has 1 aromatic heterocycles. The van der Waals surface area contributed by atoms with Gasteiger partial charge in [-0.2, -0.15) is 4.98 Å². The Balaban J connectivity index is 2.96. The zero-order valence-corrected chi connectivity index (χ0v) is 11.4. The van der Waals surface area contributed by atoms with Gasteiger partial charge in [-0.15, -0.1) is 0 Å². The van der Waals surface area contributed by atoms with Crippen LogP contribution in [0.2, 0.25) is 0 Å². The van der Waals surface area contributed by atoms with Gasteiger partial charge in [0, 0.05) is 24.2 Å². The van der Waals surface area contributed by atoms with E-state index >= 15 is 0 Å². The van der Waals surface area contributed by atoms with Gasteiger partial charge in [0.15, 0.2) is 0 Å². The zero-order chi connectivity index (χ0) is 12.8. The highest BCUT2D eigenvalue weighted by Crippen LogP contribution is 2.26. The number of methoxy groups -OCH3 is 1. The van der Waals surface area contributed by atoms with Crippen molar-refractivity contribution in [3.05, 3.63) is 18.1 Å². The van der Waals surface area contributed by atoms with Crippen LogP contribution < -0.4 is 10.1 Å². The molecule has 0 bridgehead atoms. The Hall–Kier alpha value is -1.16. The lowest BCUT2D eigenvalue weighted by Crippen LogP contribution is -2.35. The molecule has 0 saturated carbocycles.